The minimum Gasteiger partial charge on any atom is -0.307 e. The maximum Gasteiger partial charge on any atom is 0.150 e. The Bertz CT molecular complexity index is 365. The summed E-state index contributed by atoms with van der Waals surface area (Å²) in [5.41, 5.74) is 2.39. The third kappa shape index (κ3) is 4.96. The van der Waals surface area contributed by atoms with Gasteiger partial charge in [0.25, 0.3) is 0 Å². The number of ketones is 1. The predicted molar refractivity (Wildman–Crippen MR) is 72.3 cm³/mol. The second-order valence-corrected chi connectivity index (χ2v) is 4.53. The van der Waals surface area contributed by atoms with Crippen LogP contribution in [-0.2, 0) is 11.2 Å². The summed E-state index contributed by atoms with van der Waals surface area (Å²) in [6.45, 7) is 9.02. The summed E-state index contributed by atoms with van der Waals surface area (Å²) < 4.78 is 0. The molecule has 1 N–H and O–H groups in total. The molecule has 92 valence electrons. The minimum absolute atomic E-state index is 0.212. The largest absolute Gasteiger partial charge is 0.307 e. The van der Waals surface area contributed by atoms with Gasteiger partial charge in [0, 0.05) is 13.0 Å². The van der Waals surface area contributed by atoms with E-state index in [4.69, 9.17) is 0 Å². The summed E-state index contributed by atoms with van der Waals surface area (Å²) in [4.78, 5) is 11.6. The number of benzene rings is 1. The van der Waals surface area contributed by atoms with Gasteiger partial charge >= 0.3 is 0 Å². The van der Waals surface area contributed by atoms with E-state index in [2.05, 4.69) is 37.9 Å². The zero-order valence-electron chi connectivity index (χ0n) is 10.7. The summed E-state index contributed by atoms with van der Waals surface area (Å²) in [5.74, 6) is 0.748. The average Bonchev–Trinajstić information content (AvgIpc) is 2.30. The van der Waals surface area contributed by atoms with Crippen molar-refractivity contribution in [1.29, 1.82) is 0 Å². The Morgan fingerprint density at radius 2 is 2.00 bits per heavy atom. The molecule has 0 saturated carbocycles. The second kappa shape index (κ2) is 7.02. The van der Waals surface area contributed by atoms with Gasteiger partial charge in [0.05, 0.1) is 6.54 Å². The van der Waals surface area contributed by atoms with Gasteiger partial charge in [-0.15, -0.1) is 6.58 Å². The van der Waals surface area contributed by atoms with Crippen LogP contribution in [0.2, 0.25) is 0 Å². The zero-order chi connectivity index (χ0) is 12.7. The molecule has 0 heterocycles. The fourth-order valence-corrected chi connectivity index (χ4v) is 1.62. The molecule has 0 unspecified atom stereocenters. The van der Waals surface area contributed by atoms with E-state index in [0.717, 1.165) is 5.56 Å². The van der Waals surface area contributed by atoms with Gasteiger partial charge in [0.2, 0.25) is 0 Å². The van der Waals surface area contributed by atoms with Crippen molar-refractivity contribution in [3.8, 4) is 0 Å². The van der Waals surface area contributed by atoms with Crippen molar-refractivity contribution in [2.75, 3.05) is 13.1 Å². The lowest BCUT2D eigenvalue weighted by Crippen LogP contribution is -2.24. The summed E-state index contributed by atoms with van der Waals surface area (Å²) in [7, 11) is 0. The molecule has 2 nitrogen and oxygen atoms in total. The Balaban J connectivity index is 2.45. The van der Waals surface area contributed by atoms with Crippen molar-refractivity contribution in [2.45, 2.75) is 26.2 Å². The number of rotatable bonds is 7. The summed E-state index contributed by atoms with van der Waals surface area (Å²) in [5, 5.41) is 3.02. The van der Waals surface area contributed by atoms with Gasteiger partial charge in [0.1, 0.15) is 0 Å². The molecule has 0 fully saturated rings. The van der Waals surface area contributed by atoms with Gasteiger partial charge in [-0.25, -0.2) is 0 Å². The van der Waals surface area contributed by atoms with Gasteiger partial charge < -0.3 is 5.32 Å². The second-order valence-electron chi connectivity index (χ2n) is 4.53. The molecule has 0 atom stereocenters. The molecule has 17 heavy (non-hydrogen) atoms. The Kier molecular flexibility index (Phi) is 5.64. The van der Waals surface area contributed by atoms with Crippen LogP contribution in [-0.4, -0.2) is 18.9 Å². The van der Waals surface area contributed by atoms with Gasteiger partial charge in [-0.2, -0.15) is 0 Å². The van der Waals surface area contributed by atoms with Crippen LogP contribution < -0.4 is 5.32 Å². The van der Waals surface area contributed by atoms with E-state index < -0.39 is 0 Å². The SMILES string of the molecule is C=CCNCC(=O)Cc1ccc(C(C)C)cc1. The maximum absolute atomic E-state index is 11.6. The van der Waals surface area contributed by atoms with Crippen molar-refractivity contribution in [2.24, 2.45) is 0 Å². The lowest BCUT2D eigenvalue weighted by atomic mass is 10.00. The van der Waals surface area contributed by atoms with E-state index in [9.17, 15) is 4.79 Å². The molecular formula is C15H21NO. The molecule has 0 aliphatic rings. The molecule has 0 aliphatic heterocycles. The molecule has 0 radical (unpaired) electrons. The Labute approximate surface area is 104 Å². The van der Waals surface area contributed by atoms with Crippen LogP contribution in [0.5, 0.6) is 0 Å². The molecule has 0 spiro atoms. The van der Waals surface area contributed by atoms with Crippen LogP contribution in [0.1, 0.15) is 30.9 Å². The molecule has 1 aromatic rings. The topological polar surface area (TPSA) is 29.1 Å². The molecule has 2 heteroatoms. The molecule has 0 aliphatic carbocycles. The fraction of sp³-hybridized carbons (Fsp3) is 0.400. The monoisotopic (exact) mass is 231 g/mol. The third-order valence-electron chi connectivity index (χ3n) is 2.66. The van der Waals surface area contributed by atoms with Crippen LogP contribution in [0.3, 0.4) is 0 Å². The number of carbonyl (C=O) groups excluding carboxylic acids is 1. The van der Waals surface area contributed by atoms with Gasteiger partial charge in [-0.05, 0) is 17.0 Å². The van der Waals surface area contributed by atoms with E-state index >= 15 is 0 Å². The molecule has 0 bridgehead atoms. The molecular weight excluding hydrogens is 210 g/mol. The Morgan fingerprint density at radius 1 is 1.35 bits per heavy atom. The number of Topliss-reactive ketones (excluding diaryl/α,β-unsaturated/α-hetero) is 1. The van der Waals surface area contributed by atoms with E-state index in [1.165, 1.54) is 5.56 Å². The maximum atomic E-state index is 11.6. The summed E-state index contributed by atoms with van der Waals surface area (Å²) in [6.07, 6.45) is 2.26. The van der Waals surface area contributed by atoms with Gasteiger partial charge in [-0.3, -0.25) is 4.79 Å². The number of hydrogen-bond acceptors (Lipinski definition) is 2. The molecule has 0 aromatic heterocycles. The van der Waals surface area contributed by atoms with Crippen LogP contribution >= 0.6 is 0 Å². The van der Waals surface area contributed by atoms with Crippen molar-refractivity contribution in [3.63, 3.8) is 0 Å². The molecule has 1 rings (SSSR count). The Hall–Kier alpha value is -1.41. The van der Waals surface area contributed by atoms with E-state index in [-0.39, 0.29) is 5.78 Å². The minimum atomic E-state index is 0.212. The van der Waals surface area contributed by atoms with E-state index in [1.807, 2.05) is 12.1 Å². The van der Waals surface area contributed by atoms with Crippen molar-refractivity contribution < 1.29 is 4.79 Å². The highest BCUT2D eigenvalue weighted by molar-refractivity contribution is 5.82. The fourth-order valence-electron chi connectivity index (χ4n) is 1.62. The van der Waals surface area contributed by atoms with Crippen molar-refractivity contribution in [3.05, 3.63) is 48.0 Å². The lowest BCUT2D eigenvalue weighted by molar-refractivity contribution is -0.117. The average molecular weight is 231 g/mol. The van der Waals surface area contributed by atoms with Gasteiger partial charge in [0.15, 0.2) is 5.78 Å². The third-order valence-corrected chi connectivity index (χ3v) is 2.66. The normalized spacial score (nSPS) is 10.5. The van der Waals surface area contributed by atoms with Crippen molar-refractivity contribution in [1.82, 2.24) is 5.32 Å². The highest BCUT2D eigenvalue weighted by Gasteiger charge is 2.04. The van der Waals surface area contributed by atoms with Crippen LogP contribution in [0.25, 0.3) is 0 Å². The first-order valence-corrected chi connectivity index (χ1v) is 6.05. The molecule has 0 amide bonds. The van der Waals surface area contributed by atoms with E-state index in [1.54, 1.807) is 6.08 Å². The van der Waals surface area contributed by atoms with Crippen molar-refractivity contribution >= 4 is 5.78 Å². The summed E-state index contributed by atoms with van der Waals surface area (Å²) >= 11 is 0. The predicted octanol–water partition coefficient (Wildman–Crippen LogP) is 2.70. The molecule has 0 saturated heterocycles. The number of nitrogens with one attached hydrogen (secondary N) is 1. The number of carbonyl (C=O) groups is 1. The lowest BCUT2D eigenvalue weighted by Gasteiger charge is -2.06. The first-order valence-electron chi connectivity index (χ1n) is 6.05. The first kappa shape index (κ1) is 13.7. The zero-order valence-corrected chi connectivity index (χ0v) is 10.7. The highest BCUT2D eigenvalue weighted by Crippen LogP contribution is 2.14. The summed E-state index contributed by atoms with van der Waals surface area (Å²) in [6, 6.07) is 8.29. The molecule has 1 aromatic carbocycles. The smallest absolute Gasteiger partial charge is 0.150 e. The van der Waals surface area contributed by atoms with Crippen LogP contribution in [0.15, 0.2) is 36.9 Å². The van der Waals surface area contributed by atoms with Crippen LogP contribution in [0.4, 0.5) is 0 Å². The van der Waals surface area contributed by atoms with Crippen LogP contribution in [0, 0.1) is 0 Å². The Morgan fingerprint density at radius 3 is 2.53 bits per heavy atom. The van der Waals surface area contributed by atoms with Gasteiger partial charge in [-0.1, -0.05) is 44.2 Å². The highest BCUT2D eigenvalue weighted by atomic mass is 16.1. The first-order chi connectivity index (χ1) is 8.13. The quantitative estimate of drug-likeness (QED) is 0.577. The number of hydrogen-bond donors (Lipinski definition) is 1. The standard InChI is InChI=1S/C15H21NO/c1-4-9-16-11-15(17)10-13-5-7-14(8-6-13)12(2)3/h4-8,12,16H,1,9-11H2,2-3H3. The van der Waals surface area contributed by atoms with E-state index in [0.29, 0.717) is 25.4 Å².